The third kappa shape index (κ3) is 10.7. The monoisotopic (exact) mass is 190 g/mol. The molecule has 0 aromatic carbocycles. The van der Waals surface area contributed by atoms with Gasteiger partial charge < -0.3 is 21.1 Å². The fraction of sp³-hybridized carbons (Fsp3) is 0.714. The lowest BCUT2D eigenvalue weighted by atomic mass is 10.7. The highest BCUT2D eigenvalue weighted by molar-refractivity contribution is 5.78. The average molecular weight is 190 g/mol. The largest absolute Gasteiger partial charge is 0.480 e. The van der Waals surface area contributed by atoms with Crippen molar-refractivity contribution in [3.63, 3.8) is 0 Å². The second-order valence-electron chi connectivity index (χ2n) is 2.29. The molecule has 0 rings (SSSR count). The number of guanidine groups is 1. The van der Waals surface area contributed by atoms with Crippen molar-refractivity contribution in [1.82, 2.24) is 10.2 Å². The first kappa shape index (κ1) is 14.2. The number of nitrogens with two attached hydrogens (primary N) is 1. The van der Waals surface area contributed by atoms with Crippen molar-refractivity contribution < 1.29 is 9.90 Å². The van der Waals surface area contributed by atoms with Crippen LogP contribution in [0.5, 0.6) is 0 Å². The molecule has 0 amide bonds. The zero-order valence-electron chi connectivity index (χ0n) is 8.53. The Kier molecular flexibility index (Phi) is 9.63. The number of rotatable bonds is 1. The zero-order valence-corrected chi connectivity index (χ0v) is 8.53. The van der Waals surface area contributed by atoms with Crippen molar-refractivity contribution in [2.45, 2.75) is 0 Å². The van der Waals surface area contributed by atoms with Crippen LogP contribution in [0.1, 0.15) is 0 Å². The van der Waals surface area contributed by atoms with Gasteiger partial charge in [0.25, 0.3) is 0 Å². The van der Waals surface area contributed by atoms with Crippen LogP contribution in [0.4, 0.5) is 0 Å². The van der Waals surface area contributed by atoms with Gasteiger partial charge in [-0.25, -0.2) is 0 Å². The summed E-state index contributed by atoms with van der Waals surface area (Å²) in [7, 11) is 7.49. The molecule has 0 fully saturated rings. The Morgan fingerprint density at radius 1 is 1.62 bits per heavy atom. The molecule has 0 saturated heterocycles. The fourth-order valence-corrected chi connectivity index (χ4v) is 0.535. The Bertz CT molecular complexity index is 168. The number of carboxylic acid groups (broad SMARTS) is 1. The molecule has 6 nitrogen and oxygen atoms in total. The third-order valence-corrected chi connectivity index (χ3v) is 1.03. The summed E-state index contributed by atoms with van der Waals surface area (Å²) in [5.74, 6) is -0.0741. The predicted molar refractivity (Wildman–Crippen MR) is 52.8 cm³/mol. The van der Waals surface area contributed by atoms with E-state index in [0.29, 0.717) is 0 Å². The maximum Gasteiger partial charge on any atom is 0.317 e. The molecule has 0 aliphatic heterocycles. The summed E-state index contributed by atoms with van der Waals surface area (Å²) in [6, 6.07) is 0. The first-order valence-corrected chi connectivity index (χ1v) is 3.73. The van der Waals surface area contributed by atoms with E-state index in [1.807, 2.05) is 26.0 Å². The van der Waals surface area contributed by atoms with E-state index in [9.17, 15) is 4.79 Å². The zero-order chi connectivity index (χ0) is 10.9. The molecule has 0 aliphatic rings. The van der Waals surface area contributed by atoms with Crippen molar-refractivity contribution >= 4 is 11.9 Å². The Balaban J connectivity index is 0. The molecule has 4 N–H and O–H groups in total. The van der Waals surface area contributed by atoms with Crippen LogP contribution < -0.4 is 11.1 Å². The van der Waals surface area contributed by atoms with Crippen LogP contribution in [-0.4, -0.2) is 56.7 Å². The summed E-state index contributed by atoms with van der Waals surface area (Å²) in [5, 5.41) is 10.5. The molecular weight excluding hydrogens is 172 g/mol. The number of aliphatic carboxylic acids is 1. The highest BCUT2D eigenvalue weighted by atomic mass is 16.4. The summed E-state index contributed by atoms with van der Waals surface area (Å²) < 4.78 is 0. The van der Waals surface area contributed by atoms with Crippen molar-refractivity contribution in [3.8, 4) is 0 Å². The van der Waals surface area contributed by atoms with Crippen LogP contribution in [0.3, 0.4) is 0 Å². The van der Waals surface area contributed by atoms with Crippen LogP contribution >= 0.6 is 0 Å². The standard InChI is InChI=1S/C5H13N3.C2H5NO2/c1-6-5(7-2)8(3)4;3-1-2(4)5/h1-4H3,(H,6,7);1,3H2,(H,4,5). The van der Waals surface area contributed by atoms with Crippen LogP contribution in [0.15, 0.2) is 4.99 Å². The molecule has 0 atom stereocenters. The molecule has 13 heavy (non-hydrogen) atoms. The van der Waals surface area contributed by atoms with Crippen LogP contribution in [0.25, 0.3) is 0 Å². The minimum Gasteiger partial charge on any atom is -0.480 e. The van der Waals surface area contributed by atoms with Gasteiger partial charge in [0, 0.05) is 28.2 Å². The van der Waals surface area contributed by atoms with Crippen molar-refractivity contribution in [2.75, 3.05) is 34.7 Å². The molecule has 0 unspecified atom stereocenters. The van der Waals surface area contributed by atoms with Gasteiger partial charge in [-0.15, -0.1) is 0 Å². The van der Waals surface area contributed by atoms with Gasteiger partial charge in [-0.1, -0.05) is 0 Å². The lowest BCUT2D eigenvalue weighted by molar-refractivity contribution is -0.135. The van der Waals surface area contributed by atoms with Crippen LogP contribution in [0.2, 0.25) is 0 Å². The molecule has 0 heterocycles. The molecule has 78 valence electrons. The summed E-state index contributed by atoms with van der Waals surface area (Å²) >= 11 is 0. The summed E-state index contributed by atoms with van der Waals surface area (Å²) in [6.07, 6.45) is 0. The van der Waals surface area contributed by atoms with Crippen LogP contribution in [-0.2, 0) is 4.79 Å². The summed E-state index contributed by atoms with van der Waals surface area (Å²) in [5.41, 5.74) is 4.57. The Morgan fingerprint density at radius 3 is 2.00 bits per heavy atom. The highest BCUT2D eigenvalue weighted by Gasteiger charge is 1.91. The molecule has 0 aromatic heterocycles. The van der Waals surface area contributed by atoms with E-state index >= 15 is 0 Å². The molecule has 0 saturated carbocycles. The molecular formula is C7H18N4O2. The molecule has 0 aromatic rings. The lowest BCUT2D eigenvalue weighted by Gasteiger charge is -2.12. The van der Waals surface area contributed by atoms with Gasteiger partial charge in [-0.2, -0.15) is 0 Å². The van der Waals surface area contributed by atoms with Crippen molar-refractivity contribution in [3.05, 3.63) is 0 Å². The fourth-order valence-electron chi connectivity index (χ4n) is 0.535. The van der Waals surface area contributed by atoms with E-state index in [2.05, 4.69) is 16.0 Å². The Morgan fingerprint density at radius 2 is 2.00 bits per heavy atom. The van der Waals surface area contributed by atoms with Gasteiger partial charge in [-0.05, 0) is 0 Å². The number of carbonyl (C=O) groups is 1. The molecule has 0 bridgehead atoms. The maximum absolute atomic E-state index is 9.24. The van der Waals surface area contributed by atoms with Gasteiger partial charge in [0.2, 0.25) is 0 Å². The average Bonchev–Trinajstić information content (AvgIpc) is 2.07. The topological polar surface area (TPSA) is 91.0 Å². The van der Waals surface area contributed by atoms with E-state index in [1.165, 1.54) is 0 Å². The van der Waals surface area contributed by atoms with E-state index < -0.39 is 5.97 Å². The first-order chi connectivity index (χ1) is 5.99. The Hall–Kier alpha value is -1.30. The minimum absolute atomic E-state index is 0.278. The van der Waals surface area contributed by atoms with Crippen molar-refractivity contribution in [1.29, 1.82) is 0 Å². The molecule has 0 radical (unpaired) electrons. The minimum atomic E-state index is -0.968. The second-order valence-corrected chi connectivity index (χ2v) is 2.29. The number of nitrogens with one attached hydrogen (secondary N) is 1. The number of carboxylic acids is 1. The number of hydrogen-bond acceptors (Lipinski definition) is 3. The van der Waals surface area contributed by atoms with Crippen molar-refractivity contribution in [2.24, 2.45) is 10.7 Å². The smallest absolute Gasteiger partial charge is 0.317 e. The van der Waals surface area contributed by atoms with E-state index in [1.54, 1.807) is 7.05 Å². The summed E-state index contributed by atoms with van der Waals surface area (Å²) in [4.78, 5) is 15.1. The Labute approximate surface area is 78.4 Å². The maximum atomic E-state index is 9.24. The summed E-state index contributed by atoms with van der Waals surface area (Å²) in [6.45, 7) is -0.278. The number of aliphatic imine (C=N–C) groups is 1. The van der Waals surface area contributed by atoms with Gasteiger partial charge in [0.05, 0.1) is 6.54 Å². The second kappa shape index (κ2) is 8.79. The van der Waals surface area contributed by atoms with E-state index in [-0.39, 0.29) is 6.54 Å². The van der Waals surface area contributed by atoms with E-state index in [4.69, 9.17) is 5.11 Å². The third-order valence-electron chi connectivity index (χ3n) is 1.03. The first-order valence-electron chi connectivity index (χ1n) is 3.73. The van der Waals surface area contributed by atoms with Gasteiger partial charge >= 0.3 is 5.97 Å². The quantitative estimate of drug-likeness (QED) is 0.356. The molecule has 0 spiro atoms. The van der Waals surface area contributed by atoms with E-state index in [0.717, 1.165) is 5.96 Å². The number of nitrogens with zero attached hydrogens (tertiary/aromatic N) is 2. The van der Waals surface area contributed by atoms with Gasteiger partial charge in [0.15, 0.2) is 5.96 Å². The van der Waals surface area contributed by atoms with Crippen LogP contribution in [0, 0.1) is 0 Å². The van der Waals surface area contributed by atoms with Gasteiger partial charge in [-0.3, -0.25) is 9.79 Å². The number of hydrogen-bond donors (Lipinski definition) is 3. The lowest BCUT2D eigenvalue weighted by Crippen LogP contribution is -2.33. The normalized spacial score (nSPS) is 9.77. The van der Waals surface area contributed by atoms with Gasteiger partial charge in [0.1, 0.15) is 0 Å². The predicted octanol–water partition coefficient (Wildman–Crippen LogP) is -1.22. The molecule has 6 heteroatoms. The SMILES string of the molecule is CN=C(NC)N(C)C.NCC(=O)O. The highest BCUT2D eigenvalue weighted by Crippen LogP contribution is 1.73. The molecule has 0 aliphatic carbocycles.